The number of aromatic nitrogens is 1. The summed E-state index contributed by atoms with van der Waals surface area (Å²) in [6, 6.07) is 2.38. The van der Waals surface area contributed by atoms with Crippen molar-refractivity contribution in [3.63, 3.8) is 0 Å². The van der Waals surface area contributed by atoms with Gasteiger partial charge in [0.1, 0.15) is 17.9 Å². The van der Waals surface area contributed by atoms with Crippen molar-refractivity contribution in [1.82, 2.24) is 21.2 Å². The number of nitrogens with one attached hydrogen (secondary N) is 4. The molecule has 174 valence electrons. The Morgan fingerprint density at radius 2 is 2.09 bits per heavy atom. The predicted octanol–water partition coefficient (Wildman–Crippen LogP) is 4.68. The molecule has 0 spiro atoms. The van der Waals surface area contributed by atoms with Crippen LogP contribution in [0.5, 0.6) is 0 Å². The summed E-state index contributed by atoms with van der Waals surface area (Å²) < 4.78 is 42.6. The molecule has 9 heteroatoms. The lowest BCUT2D eigenvalue weighted by Crippen LogP contribution is -2.36. The lowest BCUT2D eigenvalue weighted by atomic mass is 10.1. The van der Waals surface area contributed by atoms with Crippen LogP contribution >= 0.6 is 0 Å². The topological polar surface area (TPSA) is 81.3 Å². The first kappa shape index (κ1) is 25.3. The van der Waals surface area contributed by atoms with E-state index in [1.54, 1.807) is 33.9 Å². The predicted molar refractivity (Wildman–Crippen MR) is 125 cm³/mol. The van der Waals surface area contributed by atoms with Gasteiger partial charge in [0.25, 0.3) is 0 Å². The number of hydrazine groups is 1. The molecule has 0 saturated heterocycles. The van der Waals surface area contributed by atoms with E-state index in [-0.39, 0.29) is 35.7 Å². The summed E-state index contributed by atoms with van der Waals surface area (Å²) in [5, 5.41) is 3.54. The van der Waals surface area contributed by atoms with E-state index in [0.717, 1.165) is 24.1 Å². The molecular formula is C24H26F3N5O. The largest absolute Gasteiger partial charge is 0.381 e. The van der Waals surface area contributed by atoms with Crippen molar-refractivity contribution >= 4 is 29.2 Å². The third-order valence-corrected chi connectivity index (χ3v) is 4.32. The molecule has 1 aromatic carbocycles. The van der Waals surface area contributed by atoms with Gasteiger partial charge in [-0.15, -0.1) is 5.92 Å². The molecule has 0 unspecified atom stereocenters. The van der Waals surface area contributed by atoms with Crippen LogP contribution < -0.4 is 16.2 Å². The summed E-state index contributed by atoms with van der Waals surface area (Å²) in [6.45, 7) is 7.00. The van der Waals surface area contributed by atoms with E-state index in [4.69, 9.17) is 0 Å². The summed E-state index contributed by atoms with van der Waals surface area (Å²) in [4.78, 5) is 18.6. The molecule has 1 heterocycles. The van der Waals surface area contributed by atoms with Crippen LogP contribution in [0.15, 0.2) is 52.9 Å². The quantitative estimate of drug-likeness (QED) is 0.145. The molecule has 1 aromatic heterocycles. The molecule has 1 amide bonds. The minimum absolute atomic E-state index is 0.0236. The Kier molecular flexibility index (Phi) is 9.36. The van der Waals surface area contributed by atoms with Crippen LogP contribution in [0.2, 0.25) is 0 Å². The minimum Gasteiger partial charge on any atom is -0.381 e. The first-order valence-electron chi connectivity index (χ1n) is 10.2. The molecule has 2 aromatic rings. The highest BCUT2D eigenvalue weighted by atomic mass is 19.1. The van der Waals surface area contributed by atoms with Crippen molar-refractivity contribution in [3.8, 4) is 11.8 Å². The fourth-order valence-corrected chi connectivity index (χ4v) is 2.93. The van der Waals surface area contributed by atoms with Gasteiger partial charge in [-0.1, -0.05) is 5.92 Å². The summed E-state index contributed by atoms with van der Waals surface area (Å²) in [6.07, 6.45) is 5.10. The first-order chi connectivity index (χ1) is 15.8. The Morgan fingerprint density at radius 1 is 1.33 bits per heavy atom. The van der Waals surface area contributed by atoms with E-state index in [0.29, 0.717) is 10.9 Å². The Bertz CT molecular complexity index is 1180. The van der Waals surface area contributed by atoms with Crippen LogP contribution in [0.3, 0.4) is 0 Å². The van der Waals surface area contributed by atoms with Crippen molar-refractivity contribution in [2.24, 2.45) is 4.99 Å². The molecule has 0 saturated carbocycles. The molecule has 4 N–H and O–H groups in total. The van der Waals surface area contributed by atoms with E-state index in [2.05, 4.69) is 38.0 Å². The third-order valence-electron chi connectivity index (χ3n) is 4.32. The number of benzene rings is 1. The molecule has 0 atom stereocenters. The van der Waals surface area contributed by atoms with Gasteiger partial charge in [-0.25, -0.2) is 18.2 Å². The number of aryl methyl sites for hydroxylation is 1. The van der Waals surface area contributed by atoms with Gasteiger partial charge in [-0.3, -0.25) is 15.6 Å². The van der Waals surface area contributed by atoms with E-state index in [1.165, 1.54) is 12.1 Å². The Hall–Kier alpha value is -3.93. The number of H-pyrrole nitrogens is 1. The fraction of sp³-hybridized carbons (Fsp3) is 0.250. The molecule has 0 aliphatic carbocycles. The second-order valence-corrected chi connectivity index (χ2v) is 7.29. The van der Waals surface area contributed by atoms with Crippen molar-refractivity contribution in [2.45, 2.75) is 40.2 Å². The number of aromatic amines is 1. The van der Waals surface area contributed by atoms with E-state index >= 15 is 4.39 Å². The normalized spacial score (nSPS) is 12.8. The van der Waals surface area contributed by atoms with Crippen LogP contribution in [-0.4, -0.2) is 23.3 Å². The SMILES string of the molecule is CC#CCC(=O)NNC=NC(/C(F)=C/c1cc(F)cc2c(C)c[nH]c12)=C(/C=C/F)NC(C)C. The lowest BCUT2D eigenvalue weighted by Gasteiger charge is -2.14. The summed E-state index contributed by atoms with van der Waals surface area (Å²) >= 11 is 0. The van der Waals surface area contributed by atoms with Crippen molar-refractivity contribution in [2.75, 3.05) is 0 Å². The second-order valence-electron chi connectivity index (χ2n) is 7.29. The number of fused-ring (bicyclic) bond motifs is 1. The molecule has 0 bridgehead atoms. The smallest absolute Gasteiger partial charge is 0.250 e. The molecule has 0 aliphatic heterocycles. The number of aliphatic imine (C=N–C) groups is 1. The standard InChI is InChI=1S/C24H26F3N5O/c1-5-6-7-22(33)32-30-14-29-24(21(8-9-25)31-15(2)3)20(27)11-17-10-18(26)12-19-16(4)13-28-23(17)19/h8-15,28,31H,7H2,1-4H3,(H,29,30)(H,32,33)/b9-8+,20-11-,24-21-. The van der Waals surface area contributed by atoms with E-state index in [9.17, 15) is 13.6 Å². The molecule has 2 rings (SSSR count). The van der Waals surface area contributed by atoms with Crippen LogP contribution in [0.4, 0.5) is 13.2 Å². The fourth-order valence-electron chi connectivity index (χ4n) is 2.93. The van der Waals surface area contributed by atoms with Crippen LogP contribution in [0.25, 0.3) is 17.0 Å². The highest BCUT2D eigenvalue weighted by Gasteiger charge is 2.14. The average Bonchev–Trinajstić information content (AvgIpc) is 3.12. The number of carbonyl (C=O) groups excluding carboxylic acids is 1. The van der Waals surface area contributed by atoms with Gasteiger partial charge in [0.2, 0.25) is 5.91 Å². The number of halogens is 3. The van der Waals surface area contributed by atoms with Crippen LogP contribution in [0.1, 0.15) is 38.3 Å². The maximum Gasteiger partial charge on any atom is 0.250 e. The van der Waals surface area contributed by atoms with Crippen LogP contribution in [-0.2, 0) is 4.79 Å². The average molecular weight is 458 g/mol. The molecule has 0 radical (unpaired) electrons. The van der Waals surface area contributed by atoms with Gasteiger partial charge in [-0.2, -0.15) is 0 Å². The monoisotopic (exact) mass is 457 g/mol. The number of allylic oxidation sites excluding steroid dienone is 2. The lowest BCUT2D eigenvalue weighted by molar-refractivity contribution is -0.120. The van der Waals surface area contributed by atoms with Gasteiger partial charge in [0, 0.05) is 23.2 Å². The molecular weight excluding hydrogens is 431 g/mol. The number of amides is 1. The Labute approximate surface area is 190 Å². The number of rotatable bonds is 9. The zero-order valence-corrected chi connectivity index (χ0v) is 18.8. The maximum absolute atomic E-state index is 15.4. The summed E-state index contributed by atoms with van der Waals surface area (Å²) in [7, 11) is 0. The number of carbonyl (C=O) groups is 1. The van der Waals surface area contributed by atoms with Gasteiger partial charge >= 0.3 is 0 Å². The van der Waals surface area contributed by atoms with Crippen molar-refractivity contribution in [3.05, 3.63) is 64.9 Å². The summed E-state index contributed by atoms with van der Waals surface area (Å²) in [5.74, 6) is 3.41. The third kappa shape index (κ3) is 7.31. The zero-order valence-electron chi connectivity index (χ0n) is 18.8. The van der Waals surface area contributed by atoms with Gasteiger partial charge in [-0.05, 0) is 57.5 Å². The molecule has 6 nitrogen and oxygen atoms in total. The first-order valence-corrected chi connectivity index (χ1v) is 10.2. The second kappa shape index (κ2) is 12.2. The number of hydrogen-bond donors (Lipinski definition) is 4. The van der Waals surface area contributed by atoms with Gasteiger partial charge < -0.3 is 10.3 Å². The van der Waals surface area contributed by atoms with Crippen molar-refractivity contribution < 1.29 is 18.0 Å². The Balaban J connectivity index is 2.47. The zero-order chi connectivity index (χ0) is 24.4. The molecule has 0 fully saturated rings. The number of nitrogens with zero attached hydrogens (tertiary/aromatic N) is 1. The van der Waals surface area contributed by atoms with Gasteiger partial charge in [0.15, 0.2) is 5.83 Å². The number of hydrogen-bond acceptors (Lipinski definition) is 3. The van der Waals surface area contributed by atoms with Gasteiger partial charge in [0.05, 0.1) is 24.0 Å². The molecule has 33 heavy (non-hydrogen) atoms. The van der Waals surface area contributed by atoms with E-state index < -0.39 is 17.6 Å². The van der Waals surface area contributed by atoms with Crippen LogP contribution in [0, 0.1) is 24.6 Å². The van der Waals surface area contributed by atoms with E-state index in [1.807, 2.05) is 0 Å². The summed E-state index contributed by atoms with van der Waals surface area (Å²) in [5.41, 5.74) is 6.19. The van der Waals surface area contributed by atoms with Crippen molar-refractivity contribution in [1.29, 1.82) is 0 Å². The maximum atomic E-state index is 15.4. The minimum atomic E-state index is -0.850. The highest BCUT2D eigenvalue weighted by Crippen LogP contribution is 2.27. The Morgan fingerprint density at radius 3 is 2.76 bits per heavy atom. The molecule has 0 aliphatic rings. The highest BCUT2D eigenvalue weighted by molar-refractivity contribution is 5.91.